The number of hydrogen-bond donors (Lipinski definition) is 1. The number of benzene rings is 1. The molecule has 0 radical (unpaired) electrons. The third kappa shape index (κ3) is 5.10. The number of aromatic nitrogens is 4. The number of rotatable bonds is 6. The van der Waals surface area contributed by atoms with Gasteiger partial charge in [-0.3, -0.25) is 14.2 Å². The fourth-order valence-corrected chi connectivity index (χ4v) is 7.10. The Labute approximate surface area is 243 Å². The Kier molecular flexibility index (Phi) is 6.93. The molecule has 1 N–H and O–H groups in total. The van der Waals surface area contributed by atoms with Crippen LogP contribution >= 0.6 is 0 Å². The topological polar surface area (TPSA) is 136 Å². The summed E-state index contributed by atoms with van der Waals surface area (Å²) in [5.74, 6) is -2.98. The minimum Gasteiger partial charge on any atom is -0.481 e. The van der Waals surface area contributed by atoms with E-state index < -0.39 is 45.9 Å². The van der Waals surface area contributed by atoms with Crippen LogP contribution in [0.5, 0.6) is 5.75 Å². The quantitative estimate of drug-likeness (QED) is 0.343. The summed E-state index contributed by atoms with van der Waals surface area (Å²) in [7, 11) is -4.02. The Morgan fingerprint density at radius 3 is 2.53 bits per heavy atom. The lowest BCUT2D eigenvalue weighted by atomic mass is 9.89. The second kappa shape index (κ2) is 10.3. The number of nitrogens with zero attached hydrogens (tertiary/aromatic N) is 5. The Bertz CT molecular complexity index is 1860. The van der Waals surface area contributed by atoms with Crippen molar-refractivity contribution >= 4 is 21.6 Å². The van der Waals surface area contributed by atoms with Crippen LogP contribution in [-0.2, 0) is 32.3 Å². The second-order valence-corrected chi connectivity index (χ2v) is 12.7. The lowest BCUT2D eigenvalue weighted by Crippen LogP contribution is -2.60. The van der Waals surface area contributed by atoms with Crippen molar-refractivity contribution < 1.29 is 41.0 Å². The van der Waals surface area contributed by atoms with Gasteiger partial charge in [0.15, 0.2) is 11.2 Å². The number of carboxylic acid groups (broad SMARTS) is 1. The SMILES string of the molecule is Cc1ccc([C@@H](CC(=O)O)c2ccn3c(C(F)(F)F)nnc3c2C)nc1CN1CC2(COC2)Oc2ccccc2S1(=O)=O. The highest BCUT2D eigenvalue weighted by Gasteiger charge is 2.49. The van der Waals surface area contributed by atoms with E-state index >= 15 is 0 Å². The normalized spacial score (nSPS) is 18.4. The van der Waals surface area contributed by atoms with E-state index in [1.165, 1.54) is 16.4 Å². The molecular weight excluding hydrogens is 591 g/mol. The predicted octanol–water partition coefficient (Wildman–Crippen LogP) is 3.72. The molecule has 1 spiro atoms. The van der Waals surface area contributed by atoms with Crippen LogP contribution < -0.4 is 4.74 Å². The van der Waals surface area contributed by atoms with Gasteiger partial charge in [0.1, 0.15) is 10.6 Å². The van der Waals surface area contributed by atoms with Crippen molar-refractivity contribution in [3.8, 4) is 5.75 Å². The molecule has 0 unspecified atom stereocenters. The molecule has 15 heteroatoms. The Hall–Kier alpha value is -4.08. The maximum Gasteiger partial charge on any atom is 0.452 e. The van der Waals surface area contributed by atoms with Crippen molar-refractivity contribution in [2.75, 3.05) is 19.8 Å². The molecule has 3 aromatic heterocycles. The Balaban J connectivity index is 1.40. The lowest BCUT2D eigenvalue weighted by molar-refractivity contribution is -0.165. The first-order valence-electron chi connectivity index (χ1n) is 13.2. The number of alkyl halides is 3. The number of sulfonamides is 1. The van der Waals surface area contributed by atoms with Gasteiger partial charge in [-0.2, -0.15) is 17.5 Å². The summed E-state index contributed by atoms with van der Waals surface area (Å²) < 4.78 is 81.5. The van der Waals surface area contributed by atoms with Crippen LogP contribution in [0.25, 0.3) is 5.65 Å². The van der Waals surface area contributed by atoms with E-state index in [2.05, 4.69) is 10.2 Å². The standard InChI is InChI=1S/C28H26F3N5O6S/c1-16-7-8-20(19(11-24(37)38)18-9-10-36-25(17(18)2)33-34-26(36)28(29,30)31)32-21(16)12-35-13-27(14-41-15-27)42-22-5-3-4-6-23(22)43(35,39)40/h3-10,19H,11-15H2,1-2H3,(H,37,38)/t19-/m0/s1. The molecule has 1 fully saturated rings. The number of aliphatic carboxylic acids is 1. The molecule has 2 aliphatic heterocycles. The fourth-order valence-electron chi connectivity index (χ4n) is 5.50. The van der Waals surface area contributed by atoms with Crippen molar-refractivity contribution in [1.82, 2.24) is 23.9 Å². The van der Waals surface area contributed by atoms with Crippen molar-refractivity contribution in [3.63, 3.8) is 0 Å². The molecule has 0 amide bonds. The maximum absolute atomic E-state index is 13.8. The molecule has 0 bridgehead atoms. The molecule has 6 rings (SSSR count). The zero-order valence-corrected chi connectivity index (χ0v) is 23.8. The molecule has 4 aromatic rings. The number of halogens is 3. The Morgan fingerprint density at radius 2 is 1.86 bits per heavy atom. The maximum atomic E-state index is 13.8. The first kappa shape index (κ1) is 29.0. The average molecular weight is 618 g/mol. The summed E-state index contributed by atoms with van der Waals surface area (Å²) in [6.45, 7) is 3.62. The first-order chi connectivity index (χ1) is 20.3. The summed E-state index contributed by atoms with van der Waals surface area (Å²) in [4.78, 5) is 16.7. The van der Waals surface area contributed by atoms with E-state index in [-0.39, 0.29) is 42.6 Å². The largest absolute Gasteiger partial charge is 0.481 e. The van der Waals surface area contributed by atoms with Crippen LogP contribution in [0.2, 0.25) is 0 Å². The van der Waals surface area contributed by atoms with Crippen LogP contribution in [0.4, 0.5) is 13.2 Å². The third-order valence-electron chi connectivity index (χ3n) is 7.77. The van der Waals surface area contributed by atoms with Crippen molar-refractivity contribution in [2.24, 2.45) is 0 Å². The van der Waals surface area contributed by atoms with Crippen LogP contribution in [0.1, 0.15) is 46.2 Å². The van der Waals surface area contributed by atoms with E-state index in [4.69, 9.17) is 14.5 Å². The van der Waals surface area contributed by atoms with E-state index in [0.717, 1.165) is 10.6 Å². The number of hydrogen-bond acceptors (Lipinski definition) is 8. The molecule has 226 valence electrons. The van der Waals surface area contributed by atoms with Gasteiger partial charge < -0.3 is 14.6 Å². The first-order valence-corrected chi connectivity index (χ1v) is 14.7. The summed E-state index contributed by atoms with van der Waals surface area (Å²) in [5, 5.41) is 16.8. The van der Waals surface area contributed by atoms with Gasteiger partial charge in [-0.1, -0.05) is 18.2 Å². The number of aryl methyl sites for hydroxylation is 2. The van der Waals surface area contributed by atoms with Gasteiger partial charge in [0, 0.05) is 17.8 Å². The molecule has 1 saturated heterocycles. The fraction of sp³-hybridized carbons (Fsp3) is 0.357. The minimum atomic E-state index is -4.73. The van der Waals surface area contributed by atoms with Gasteiger partial charge in [0.05, 0.1) is 38.4 Å². The number of pyridine rings is 2. The molecule has 5 heterocycles. The highest BCUT2D eigenvalue weighted by atomic mass is 32.2. The van der Waals surface area contributed by atoms with Crippen LogP contribution in [0, 0.1) is 13.8 Å². The van der Waals surface area contributed by atoms with Gasteiger partial charge in [-0.05, 0) is 54.8 Å². The minimum absolute atomic E-state index is 0.0120. The molecule has 43 heavy (non-hydrogen) atoms. The number of para-hydroxylation sites is 1. The van der Waals surface area contributed by atoms with E-state index in [0.29, 0.717) is 28.1 Å². The van der Waals surface area contributed by atoms with Gasteiger partial charge in [0.25, 0.3) is 0 Å². The van der Waals surface area contributed by atoms with Crippen LogP contribution in [0.3, 0.4) is 0 Å². The highest BCUT2D eigenvalue weighted by molar-refractivity contribution is 7.89. The number of fused-ring (bicyclic) bond motifs is 2. The van der Waals surface area contributed by atoms with E-state index in [1.807, 2.05) is 0 Å². The third-order valence-corrected chi connectivity index (χ3v) is 9.60. The molecule has 1 aromatic carbocycles. The summed E-state index contributed by atoms with van der Waals surface area (Å²) in [5.41, 5.74) is 1.19. The van der Waals surface area contributed by atoms with Crippen molar-refractivity contribution in [3.05, 3.63) is 82.6 Å². The second-order valence-electron chi connectivity index (χ2n) is 10.8. The molecule has 0 saturated carbocycles. The van der Waals surface area contributed by atoms with Crippen molar-refractivity contribution in [2.45, 2.75) is 49.4 Å². The Morgan fingerprint density at radius 1 is 1.12 bits per heavy atom. The monoisotopic (exact) mass is 617 g/mol. The number of ether oxygens (including phenoxy) is 2. The molecular formula is C28H26F3N5O6S. The molecule has 11 nitrogen and oxygen atoms in total. The van der Waals surface area contributed by atoms with E-state index in [1.54, 1.807) is 44.2 Å². The zero-order valence-electron chi connectivity index (χ0n) is 23.0. The number of carbonyl (C=O) groups is 1. The van der Waals surface area contributed by atoms with Crippen molar-refractivity contribution in [1.29, 1.82) is 0 Å². The van der Waals surface area contributed by atoms with Crippen LogP contribution in [-0.4, -0.2) is 68.7 Å². The van der Waals surface area contributed by atoms with Gasteiger partial charge in [-0.25, -0.2) is 8.42 Å². The summed E-state index contributed by atoms with van der Waals surface area (Å²) in [6, 6.07) is 11.1. The molecule has 0 aliphatic carbocycles. The highest BCUT2D eigenvalue weighted by Crippen LogP contribution is 2.39. The molecule has 1 atom stereocenters. The van der Waals surface area contributed by atoms with Gasteiger partial charge in [-0.15, -0.1) is 10.2 Å². The lowest BCUT2D eigenvalue weighted by Gasteiger charge is -2.41. The van der Waals surface area contributed by atoms with Crippen LogP contribution in [0.15, 0.2) is 53.6 Å². The zero-order chi connectivity index (χ0) is 30.7. The predicted molar refractivity (Wildman–Crippen MR) is 144 cm³/mol. The van der Waals surface area contributed by atoms with E-state index in [9.17, 15) is 31.5 Å². The number of carboxylic acids is 1. The average Bonchev–Trinajstić information content (AvgIpc) is 3.34. The van der Waals surface area contributed by atoms with Gasteiger partial charge >= 0.3 is 12.1 Å². The van der Waals surface area contributed by atoms with Gasteiger partial charge in [0.2, 0.25) is 15.8 Å². The smallest absolute Gasteiger partial charge is 0.452 e. The summed E-state index contributed by atoms with van der Waals surface area (Å²) in [6.07, 6.45) is -3.99. The molecule has 2 aliphatic rings. The summed E-state index contributed by atoms with van der Waals surface area (Å²) >= 11 is 0.